The van der Waals surface area contributed by atoms with Crippen LogP contribution < -0.4 is 5.32 Å². The van der Waals surface area contributed by atoms with Gasteiger partial charge in [0.15, 0.2) is 10.8 Å². The van der Waals surface area contributed by atoms with E-state index in [1.54, 1.807) is 17.5 Å². The van der Waals surface area contributed by atoms with Crippen LogP contribution in [0.15, 0.2) is 12.4 Å². The molecule has 4 nitrogen and oxygen atoms in total. The Balaban J connectivity index is 2.38. The van der Waals surface area contributed by atoms with Crippen LogP contribution >= 0.6 is 11.3 Å². The second-order valence-electron chi connectivity index (χ2n) is 3.42. The van der Waals surface area contributed by atoms with Crippen molar-refractivity contribution < 1.29 is 0 Å². The van der Waals surface area contributed by atoms with E-state index in [-0.39, 0.29) is 0 Å². The standard InChI is InChI=1S/C10H14N4S/c1-7-8(6-11-2)15-10(13-7)9-12-4-5-14(9)3/h4-5,11H,6H2,1-3H3. The van der Waals surface area contributed by atoms with E-state index in [1.165, 1.54) is 4.88 Å². The van der Waals surface area contributed by atoms with E-state index in [2.05, 4.69) is 15.3 Å². The second-order valence-corrected chi connectivity index (χ2v) is 4.50. The Morgan fingerprint density at radius 3 is 2.93 bits per heavy atom. The number of imidazole rings is 1. The van der Waals surface area contributed by atoms with Gasteiger partial charge < -0.3 is 9.88 Å². The van der Waals surface area contributed by atoms with Gasteiger partial charge in [-0.05, 0) is 14.0 Å². The molecular formula is C10H14N4S. The van der Waals surface area contributed by atoms with E-state index in [1.807, 2.05) is 31.8 Å². The van der Waals surface area contributed by atoms with Crippen LogP contribution in [-0.4, -0.2) is 21.6 Å². The molecule has 2 rings (SSSR count). The third-order valence-corrected chi connectivity index (χ3v) is 3.40. The number of aryl methyl sites for hydroxylation is 2. The number of rotatable bonds is 3. The zero-order chi connectivity index (χ0) is 10.8. The van der Waals surface area contributed by atoms with Crippen LogP contribution in [-0.2, 0) is 13.6 Å². The molecule has 0 radical (unpaired) electrons. The summed E-state index contributed by atoms with van der Waals surface area (Å²) in [5.74, 6) is 0.936. The van der Waals surface area contributed by atoms with Crippen LogP contribution in [0.4, 0.5) is 0 Å². The minimum absolute atomic E-state index is 0.869. The number of hydrogen-bond acceptors (Lipinski definition) is 4. The minimum atomic E-state index is 0.869. The molecule has 15 heavy (non-hydrogen) atoms. The van der Waals surface area contributed by atoms with Crippen molar-refractivity contribution in [2.75, 3.05) is 7.05 Å². The first kappa shape index (κ1) is 10.3. The van der Waals surface area contributed by atoms with Gasteiger partial charge in [-0.2, -0.15) is 0 Å². The Morgan fingerprint density at radius 1 is 1.53 bits per heavy atom. The largest absolute Gasteiger partial charge is 0.332 e. The van der Waals surface area contributed by atoms with Crippen molar-refractivity contribution in [3.05, 3.63) is 23.0 Å². The van der Waals surface area contributed by atoms with Gasteiger partial charge >= 0.3 is 0 Å². The quantitative estimate of drug-likeness (QED) is 0.857. The fourth-order valence-electron chi connectivity index (χ4n) is 1.42. The highest BCUT2D eigenvalue weighted by Crippen LogP contribution is 2.26. The Bertz CT molecular complexity index is 458. The highest BCUT2D eigenvalue weighted by atomic mass is 32.1. The highest BCUT2D eigenvalue weighted by molar-refractivity contribution is 7.15. The van der Waals surface area contributed by atoms with Gasteiger partial charge in [-0.25, -0.2) is 9.97 Å². The van der Waals surface area contributed by atoms with Crippen LogP contribution in [0.5, 0.6) is 0 Å². The van der Waals surface area contributed by atoms with E-state index in [0.717, 1.165) is 23.1 Å². The molecule has 1 N–H and O–H groups in total. The number of nitrogens with zero attached hydrogens (tertiary/aromatic N) is 3. The van der Waals surface area contributed by atoms with E-state index in [9.17, 15) is 0 Å². The molecule has 0 amide bonds. The number of aromatic nitrogens is 3. The van der Waals surface area contributed by atoms with Gasteiger partial charge in [0.1, 0.15) is 0 Å². The average molecular weight is 222 g/mol. The van der Waals surface area contributed by atoms with Gasteiger partial charge in [0.05, 0.1) is 5.69 Å². The highest BCUT2D eigenvalue weighted by Gasteiger charge is 2.11. The normalized spacial score (nSPS) is 10.9. The number of hydrogen-bond donors (Lipinski definition) is 1. The molecule has 0 saturated heterocycles. The molecule has 0 aliphatic rings. The molecule has 5 heteroatoms. The molecule has 0 unspecified atom stereocenters. The minimum Gasteiger partial charge on any atom is -0.332 e. The predicted molar refractivity (Wildman–Crippen MR) is 61.8 cm³/mol. The molecule has 0 atom stereocenters. The molecule has 0 spiro atoms. The first-order valence-electron chi connectivity index (χ1n) is 4.81. The summed E-state index contributed by atoms with van der Waals surface area (Å²) in [6.07, 6.45) is 3.73. The van der Waals surface area contributed by atoms with Crippen LogP contribution in [0.3, 0.4) is 0 Å². The molecule has 0 saturated carbocycles. The predicted octanol–water partition coefficient (Wildman–Crippen LogP) is 1.57. The summed E-state index contributed by atoms with van der Waals surface area (Å²) in [5, 5.41) is 4.13. The topological polar surface area (TPSA) is 42.7 Å². The lowest BCUT2D eigenvalue weighted by Gasteiger charge is -1.95. The van der Waals surface area contributed by atoms with Crippen molar-refractivity contribution in [1.82, 2.24) is 19.9 Å². The van der Waals surface area contributed by atoms with Crippen molar-refractivity contribution in [2.24, 2.45) is 7.05 Å². The second kappa shape index (κ2) is 4.12. The average Bonchev–Trinajstić information content (AvgIpc) is 2.75. The Morgan fingerprint density at radius 2 is 2.33 bits per heavy atom. The summed E-state index contributed by atoms with van der Waals surface area (Å²) in [6, 6.07) is 0. The summed E-state index contributed by atoms with van der Waals surface area (Å²) in [6.45, 7) is 2.91. The molecule has 0 aliphatic carbocycles. The number of thiazole rings is 1. The molecular weight excluding hydrogens is 208 g/mol. The van der Waals surface area contributed by atoms with E-state index in [4.69, 9.17) is 0 Å². The third-order valence-electron chi connectivity index (χ3n) is 2.24. The van der Waals surface area contributed by atoms with E-state index >= 15 is 0 Å². The summed E-state index contributed by atoms with van der Waals surface area (Å²) < 4.78 is 1.99. The monoisotopic (exact) mass is 222 g/mol. The van der Waals surface area contributed by atoms with Gasteiger partial charge in [-0.3, -0.25) is 0 Å². The molecule has 2 heterocycles. The lowest BCUT2D eigenvalue weighted by Crippen LogP contribution is -2.04. The smallest absolute Gasteiger partial charge is 0.168 e. The summed E-state index contributed by atoms with van der Waals surface area (Å²) in [7, 11) is 3.93. The third kappa shape index (κ3) is 1.93. The van der Waals surface area contributed by atoms with Gasteiger partial charge in [0, 0.05) is 30.9 Å². The van der Waals surface area contributed by atoms with Gasteiger partial charge in [0.25, 0.3) is 0 Å². The fraction of sp³-hybridized carbons (Fsp3) is 0.400. The summed E-state index contributed by atoms with van der Waals surface area (Å²) in [5.41, 5.74) is 1.09. The van der Waals surface area contributed by atoms with Crippen molar-refractivity contribution in [3.8, 4) is 10.8 Å². The SMILES string of the molecule is CNCc1sc(-c2nccn2C)nc1C. The maximum atomic E-state index is 4.53. The molecule has 0 bridgehead atoms. The molecule has 80 valence electrons. The van der Waals surface area contributed by atoms with Crippen molar-refractivity contribution in [1.29, 1.82) is 0 Å². The fourth-order valence-corrected chi connectivity index (χ4v) is 2.53. The Kier molecular flexibility index (Phi) is 2.83. The first-order valence-corrected chi connectivity index (χ1v) is 5.62. The lowest BCUT2D eigenvalue weighted by molar-refractivity contribution is 0.822. The summed E-state index contributed by atoms with van der Waals surface area (Å²) in [4.78, 5) is 10.1. The van der Waals surface area contributed by atoms with E-state index in [0.29, 0.717) is 0 Å². The zero-order valence-corrected chi connectivity index (χ0v) is 9.93. The lowest BCUT2D eigenvalue weighted by atomic mass is 10.4. The number of nitrogens with one attached hydrogen (secondary N) is 1. The van der Waals surface area contributed by atoms with Gasteiger partial charge in [0.2, 0.25) is 0 Å². The molecule has 0 aromatic carbocycles. The molecule has 0 aliphatic heterocycles. The van der Waals surface area contributed by atoms with Crippen LogP contribution in [0.2, 0.25) is 0 Å². The van der Waals surface area contributed by atoms with Gasteiger partial charge in [-0.15, -0.1) is 11.3 Å². The molecule has 2 aromatic heterocycles. The van der Waals surface area contributed by atoms with Gasteiger partial charge in [-0.1, -0.05) is 0 Å². The Labute approximate surface area is 93.0 Å². The maximum Gasteiger partial charge on any atom is 0.168 e. The zero-order valence-electron chi connectivity index (χ0n) is 9.11. The van der Waals surface area contributed by atoms with Crippen molar-refractivity contribution >= 4 is 11.3 Å². The summed E-state index contributed by atoms with van der Waals surface area (Å²) >= 11 is 1.70. The molecule has 2 aromatic rings. The maximum absolute atomic E-state index is 4.53. The van der Waals surface area contributed by atoms with Crippen LogP contribution in [0.1, 0.15) is 10.6 Å². The van der Waals surface area contributed by atoms with Crippen LogP contribution in [0.25, 0.3) is 10.8 Å². The van der Waals surface area contributed by atoms with Crippen molar-refractivity contribution in [2.45, 2.75) is 13.5 Å². The molecule has 0 fully saturated rings. The first-order chi connectivity index (χ1) is 7.22. The van der Waals surface area contributed by atoms with Crippen molar-refractivity contribution in [3.63, 3.8) is 0 Å². The van der Waals surface area contributed by atoms with Crippen LogP contribution in [0, 0.1) is 6.92 Å². The van der Waals surface area contributed by atoms with E-state index < -0.39 is 0 Å². The Hall–Kier alpha value is -1.20.